The Morgan fingerprint density at radius 1 is 1.24 bits per heavy atom. The zero-order valence-electron chi connectivity index (χ0n) is 11.2. The highest BCUT2D eigenvalue weighted by Gasteiger charge is 2.20. The number of nitrogens with two attached hydrogens (primary N) is 1. The summed E-state index contributed by atoms with van der Waals surface area (Å²) < 4.78 is 1.06. The predicted molar refractivity (Wildman–Crippen MR) is 92.7 cm³/mol. The quantitative estimate of drug-likeness (QED) is 0.744. The van der Waals surface area contributed by atoms with Crippen LogP contribution in [0.1, 0.15) is 33.1 Å². The fourth-order valence-electron chi connectivity index (χ4n) is 2.56. The van der Waals surface area contributed by atoms with Crippen LogP contribution in [-0.2, 0) is 6.42 Å². The lowest BCUT2D eigenvalue weighted by Crippen LogP contribution is -2.32. The lowest BCUT2D eigenvalue weighted by atomic mass is 9.93. The van der Waals surface area contributed by atoms with Crippen molar-refractivity contribution in [3.63, 3.8) is 0 Å². The summed E-state index contributed by atoms with van der Waals surface area (Å²) in [5.41, 5.74) is 10.1. The maximum absolute atomic E-state index is 11.9. The first-order chi connectivity index (χ1) is 10.1. The van der Waals surface area contributed by atoms with E-state index in [0.717, 1.165) is 32.2 Å². The molecule has 1 atom stereocenters. The highest BCUT2D eigenvalue weighted by atomic mass is 127. The minimum Gasteiger partial charge on any atom is -0.352 e. The fraction of sp³-hybridized carbons (Fsp3) is 0.188. The Labute approximate surface area is 142 Å². The molecule has 0 aliphatic carbocycles. The molecule has 108 valence electrons. The smallest absolute Gasteiger partial charge is 0.251 e. The molecule has 1 aliphatic rings. The van der Waals surface area contributed by atoms with Crippen molar-refractivity contribution in [2.24, 2.45) is 5.73 Å². The average Bonchev–Trinajstić information content (AvgIpc) is 2.49. The number of hydrogen-bond acceptors (Lipinski definition) is 2. The van der Waals surface area contributed by atoms with Crippen molar-refractivity contribution in [2.45, 2.75) is 12.5 Å². The van der Waals surface area contributed by atoms with E-state index in [1.807, 2.05) is 36.4 Å². The fourth-order valence-corrected chi connectivity index (χ4v) is 3.41. The van der Waals surface area contributed by atoms with Crippen LogP contribution in [0.5, 0.6) is 0 Å². The van der Waals surface area contributed by atoms with Gasteiger partial charge in [-0.25, -0.2) is 0 Å². The van der Waals surface area contributed by atoms with Gasteiger partial charge >= 0.3 is 0 Å². The summed E-state index contributed by atoms with van der Waals surface area (Å²) in [5.74, 6) is -0.0221. The van der Waals surface area contributed by atoms with Gasteiger partial charge in [0.1, 0.15) is 0 Å². The monoisotopic (exact) mass is 412 g/mol. The van der Waals surface area contributed by atoms with E-state index in [2.05, 4.69) is 27.9 Å². The van der Waals surface area contributed by atoms with E-state index in [1.165, 1.54) is 0 Å². The lowest BCUT2D eigenvalue weighted by Gasteiger charge is -2.20. The van der Waals surface area contributed by atoms with Crippen LogP contribution in [0.25, 0.3) is 0 Å². The molecule has 1 amide bonds. The van der Waals surface area contributed by atoms with Crippen LogP contribution in [0, 0.1) is 3.57 Å². The van der Waals surface area contributed by atoms with E-state index >= 15 is 0 Å². The number of halogens is 2. The Balaban J connectivity index is 2.02. The molecule has 2 aromatic carbocycles. The molecule has 3 rings (SSSR count). The Bertz CT molecular complexity index is 717. The van der Waals surface area contributed by atoms with Crippen LogP contribution in [0.15, 0.2) is 36.4 Å². The van der Waals surface area contributed by atoms with E-state index < -0.39 is 0 Å². The second kappa shape index (κ2) is 5.94. The molecule has 0 bridgehead atoms. The molecule has 0 radical (unpaired) electrons. The molecule has 1 aliphatic heterocycles. The van der Waals surface area contributed by atoms with E-state index in [-0.39, 0.29) is 11.9 Å². The lowest BCUT2D eigenvalue weighted by molar-refractivity contribution is 0.0946. The Kier molecular flexibility index (Phi) is 4.19. The number of benzene rings is 2. The number of carbonyl (C=O) groups is 1. The maximum atomic E-state index is 11.9. The van der Waals surface area contributed by atoms with Crippen LogP contribution in [0.2, 0.25) is 5.02 Å². The SMILES string of the molecule is NC(c1ccc2c(c1)C(=O)NCC2)c1cc(Cl)ccc1I. The van der Waals surface area contributed by atoms with Gasteiger partial charge in [-0.05, 0) is 70.0 Å². The van der Waals surface area contributed by atoms with Gasteiger partial charge in [-0.3, -0.25) is 4.79 Å². The van der Waals surface area contributed by atoms with Gasteiger partial charge in [0, 0.05) is 20.7 Å². The summed E-state index contributed by atoms with van der Waals surface area (Å²) in [6.07, 6.45) is 0.866. The number of hydrogen-bond donors (Lipinski definition) is 2. The molecule has 1 heterocycles. The van der Waals surface area contributed by atoms with Crippen molar-refractivity contribution >= 4 is 40.1 Å². The molecule has 1 unspecified atom stereocenters. The molecular weight excluding hydrogens is 399 g/mol. The van der Waals surface area contributed by atoms with Crippen molar-refractivity contribution in [3.8, 4) is 0 Å². The summed E-state index contributed by atoms with van der Waals surface area (Å²) in [5, 5.41) is 3.53. The zero-order valence-corrected chi connectivity index (χ0v) is 14.1. The minimum atomic E-state index is -0.296. The summed E-state index contributed by atoms with van der Waals surface area (Å²) in [7, 11) is 0. The number of nitrogens with one attached hydrogen (secondary N) is 1. The maximum Gasteiger partial charge on any atom is 0.251 e. The second-order valence-corrected chi connectivity index (χ2v) is 6.66. The first-order valence-electron chi connectivity index (χ1n) is 6.68. The number of rotatable bonds is 2. The van der Waals surface area contributed by atoms with Crippen molar-refractivity contribution in [2.75, 3.05) is 6.54 Å². The van der Waals surface area contributed by atoms with Crippen LogP contribution in [-0.4, -0.2) is 12.5 Å². The number of carbonyl (C=O) groups excluding carboxylic acids is 1. The Hall–Kier alpha value is -1.11. The molecule has 5 heteroatoms. The number of fused-ring (bicyclic) bond motifs is 1. The van der Waals surface area contributed by atoms with Crippen molar-refractivity contribution in [3.05, 3.63) is 67.2 Å². The van der Waals surface area contributed by atoms with Crippen LogP contribution in [0.3, 0.4) is 0 Å². The number of amides is 1. The molecule has 0 saturated heterocycles. The third kappa shape index (κ3) is 2.93. The van der Waals surface area contributed by atoms with Gasteiger partial charge in [-0.1, -0.05) is 23.7 Å². The molecule has 0 spiro atoms. The molecular formula is C16H14ClIN2O. The van der Waals surface area contributed by atoms with Gasteiger partial charge in [0.2, 0.25) is 0 Å². The summed E-state index contributed by atoms with van der Waals surface area (Å²) in [6.45, 7) is 0.698. The van der Waals surface area contributed by atoms with E-state index in [4.69, 9.17) is 17.3 Å². The minimum absolute atomic E-state index is 0.0221. The van der Waals surface area contributed by atoms with Crippen molar-refractivity contribution in [1.82, 2.24) is 5.32 Å². The first-order valence-corrected chi connectivity index (χ1v) is 8.13. The zero-order chi connectivity index (χ0) is 15.0. The topological polar surface area (TPSA) is 55.1 Å². The average molecular weight is 413 g/mol. The summed E-state index contributed by atoms with van der Waals surface area (Å²) in [4.78, 5) is 11.9. The Morgan fingerprint density at radius 2 is 2.05 bits per heavy atom. The van der Waals surface area contributed by atoms with Crippen LogP contribution < -0.4 is 11.1 Å². The molecule has 2 aromatic rings. The Morgan fingerprint density at radius 3 is 2.86 bits per heavy atom. The van der Waals surface area contributed by atoms with E-state index in [1.54, 1.807) is 0 Å². The van der Waals surface area contributed by atoms with Gasteiger partial charge in [-0.2, -0.15) is 0 Å². The van der Waals surface area contributed by atoms with Crippen LogP contribution in [0.4, 0.5) is 0 Å². The molecule has 0 saturated carbocycles. The van der Waals surface area contributed by atoms with Gasteiger partial charge in [0.15, 0.2) is 0 Å². The predicted octanol–water partition coefficient (Wildman–Crippen LogP) is 3.28. The third-order valence-electron chi connectivity index (χ3n) is 3.71. The third-order valence-corrected chi connectivity index (χ3v) is 4.93. The molecule has 3 N–H and O–H groups in total. The molecule has 0 aromatic heterocycles. The molecule has 21 heavy (non-hydrogen) atoms. The largest absolute Gasteiger partial charge is 0.352 e. The second-order valence-electron chi connectivity index (χ2n) is 5.07. The molecule has 0 fully saturated rings. The van der Waals surface area contributed by atoms with E-state index in [9.17, 15) is 4.79 Å². The van der Waals surface area contributed by atoms with E-state index in [0.29, 0.717) is 11.6 Å². The highest BCUT2D eigenvalue weighted by Crippen LogP contribution is 2.28. The highest BCUT2D eigenvalue weighted by molar-refractivity contribution is 14.1. The summed E-state index contributed by atoms with van der Waals surface area (Å²) >= 11 is 8.31. The van der Waals surface area contributed by atoms with Crippen LogP contribution >= 0.6 is 34.2 Å². The normalized spacial score (nSPS) is 15.3. The van der Waals surface area contributed by atoms with Gasteiger partial charge in [0.05, 0.1) is 6.04 Å². The molecule has 3 nitrogen and oxygen atoms in total. The van der Waals surface area contributed by atoms with Crippen molar-refractivity contribution in [1.29, 1.82) is 0 Å². The first kappa shape index (κ1) is 14.8. The standard InChI is InChI=1S/C16H14ClIN2O/c17-11-3-4-14(18)13(8-11)15(19)10-2-1-9-5-6-20-16(21)12(9)7-10/h1-4,7-8,15H,5-6,19H2,(H,20,21). The van der Waals surface area contributed by atoms with Gasteiger partial charge < -0.3 is 11.1 Å². The van der Waals surface area contributed by atoms with Gasteiger partial charge in [-0.15, -0.1) is 0 Å². The van der Waals surface area contributed by atoms with Crippen molar-refractivity contribution < 1.29 is 4.79 Å². The van der Waals surface area contributed by atoms with Gasteiger partial charge in [0.25, 0.3) is 5.91 Å². The summed E-state index contributed by atoms with van der Waals surface area (Å²) in [6, 6.07) is 11.3.